The first kappa shape index (κ1) is 18.5. The molecule has 1 heterocycles. The summed E-state index contributed by atoms with van der Waals surface area (Å²) in [5, 5.41) is 16.9. The standard InChI is InChI=1S/C19H21F3N6/c20-19(21,22)14-10-25-18(28-17(14)26-12-6-7-12)27-16-3-1-2-15(13(16)8-23)24-9-11-4-5-11/h1-3,8,10-12,23-24H,4-7,9H2,(H2,25,26,27,28). The second-order valence-corrected chi connectivity index (χ2v) is 7.23. The van der Waals surface area contributed by atoms with Gasteiger partial charge in [-0.15, -0.1) is 0 Å². The number of hydrogen-bond donors (Lipinski definition) is 4. The molecule has 1 aromatic heterocycles. The van der Waals surface area contributed by atoms with E-state index in [4.69, 9.17) is 5.41 Å². The maximum absolute atomic E-state index is 13.2. The van der Waals surface area contributed by atoms with E-state index < -0.39 is 11.7 Å². The van der Waals surface area contributed by atoms with Gasteiger partial charge in [0.15, 0.2) is 0 Å². The van der Waals surface area contributed by atoms with Crippen molar-refractivity contribution < 1.29 is 13.2 Å². The number of rotatable bonds is 8. The fraction of sp³-hybridized carbons (Fsp3) is 0.421. The van der Waals surface area contributed by atoms with Gasteiger partial charge in [-0.3, -0.25) is 0 Å². The highest BCUT2D eigenvalue weighted by Gasteiger charge is 2.37. The van der Waals surface area contributed by atoms with Crippen LogP contribution in [0.2, 0.25) is 0 Å². The van der Waals surface area contributed by atoms with Crippen LogP contribution in [-0.4, -0.2) is 28.8 Å². The highest BCUT2D eigenvalue weighted by Crippen LogP contribution is 2.36. The van der Waals surface area contributed by atoms with Crippen molar-refractivity contribution in [2.75, 3.05) is 22.5 Å². The molecule has 2 fully saturated rings. The third-order valence-electron chi connectivity index (χ3n) is 4.79. The van der Waals surface area contributed by atoms with E-state index in [1.54, 1.807) is 6.07 Å². The zero-order chi connectivity index (χ0) is 19.7. The topological polar surface area (TPSA) is 85.7 Å². The van der Waals surface area contributed by atoms with Crippen LogP contribution in [0.5, 0.6) is 0 Å². The van der Waals surface area contributed by atoms with Gasteiger partial charge in [0.2, 0.25) is 5.95 Å². The van der Waals surface area contributed by atoms with Crippen LogP contribution in [0, 0.1) is 11.3 Å². The average Bonchev–Trinajstić information content (AvgIpc) is 3.55. The number of nitrogens with one attached hydrogen (secondary N) is 4. The van der Waals surface area contributed by atoms with E-state index in [0.29, 0.717) is 17.2 Å². The maximum Gasteiger partial charge on any atom is 0.421 e. The molecule has 2 aliphatic carbocycles. The summed E-state index contributed by atoms with van der Waals surface area (Å²) in [4.78, 5) is 7.90. The van der Waals surface area contributed by atoms with Crippen molar-refractivity contribution in [2.45, 2.75) is 37.9 Å². The van der Waals surface area contributed by atoms with Crippen LogP contribution in [0.4, 0.5) is 36.3 Å². The largest absolute Gasteiger partial charge is 0.421 e. The fourth-order valence-electron chi connectivity index (χ4n) is 2.86. The summed E-state index contributed by atoms with van der Waals surface area (Å²) in [5.74, 6) is 0.509. The van der Waals surface area contributed by atoms with Gasteiger partial charge in [-0.2, -0.15) is 18.2 Å². The summed E-state index contributed by atoms with van der Waals surface area (Å²) in [6.07, 6.45) is 1.56. The fourth-order valence-corrected chi connectivity index (χ4v) is 2.86. The Labute approximate surface area is 160 Å². The SMILES string of the molecule is N=Cc1c(NCC2CC2)cccc1Nc1ncc(C(F)(F)F)c(NC2CC2)n1. The van der Waals surface area contributed by atoms with Crippen LogP contribution in [0.15, 0.2) is 24.4 Å². The number of nitrogens with zero attached hydrogens (tertiary/aromatic N) is 2. The van der Waals surface area contributed by atoms with E-state index in [0.717, 1.165) is 31.3 Å². The molecule has 0 aliphatic heterocycles. The number of anilines is 4. The quantitative estimate of drug-likeness (QED) is 0.494. The van der Waals surface area contributed by atoms with Gasteiger partial charge >= 0.3 is 6.18 Å². The minimum absolute atomic E-state index is 0.0240. The highest BCUT2D eigenvalue weighted by atomic mass is 19.4. The Balaban J connectivity index is 1.59. The minimum Gasteiger partial charge on any atom is -0.384 e. The lowest BCUT2D eigenvalue weighted by atomic mass is 10.1. The van der Waals surface area contributed by atoms with Crippen molar-refractivity contribution in [3.05, 3.63) is 35.5 Å². The van der Waals surface area contributed by atoms with Gasteiger partial charge in [-0.05, 0) is 43.7 Å². The Hall–Kier alpha value is -2.84. The number of benzene rings is 1. The number of aromatic nitrogens is 2. The first-order valence-electron chi connectivity index (χ1n) is 9.29. The number of halogens is 3. The Morgan fingerprint density at radius 3 is 2.54 bits per heavy atom. The lowest BCUT2D eigenvalue weighted by molar-refractivity contribution is -0.137. The molecule has 0 bridgehead atoms. The van der Waals surface area contributed by atoms with E-state index in [2.05, 4.69) is 25.9 Å². The molecule has 0 atom stereocenters. The summed E-state index contributed by atoms with van der Waals surface area (Å²) < 4.78 is 39.7. The predicted molar refractivity (Wildman–Crippen MR) is 103 cm³/mol. The maximum atomic E-state index is 13.2. The summed E-state index contributed by atoms with van der Waals surface area (Å²) in [6, 6.07) is 5.47. The van der Waals surface area contributed by atoms with E-state index in [-0.39, 0.29) is 17.8 Å². The van der Waals surface area contributed by atoms with Gasteiger partial charge < -0.3 is 21.4 Å². The molecular weight excluding hydrogens is 369 g/mol. The third-order valence-corrected chi connectivity index (χ3v) is 4.79. The Morgan fingerprint density at radius 2 is 1.89 bits per heavy atom. The van der Waals surface area contributed by atoms with Gasteiger partial charge in [0.05, 0.1) is 5.69 Å². The van der Waals surface area contributed by atoms with Gasteiger partial charge in [0.1, 0.15) is 11.4 Å². The van der Waals surface area contributed by atoms with Crippen LogP contribution in [0.3, 0.4) is 0 Å². The Bertz CT molecular complexity index is 874. The highest BCUT2D eigenvalue weighted by molar-refractivity contribution is 5.94. The van der Waals surface area contributed by atoms with Crippen LogP contribution < -0.4 is 16.0 Å². The smallest absolute Gasteiger partial charge is 0.384 e. The average molecular weight is 390 g/mol. The minimum atomic E-state index is -4.53. The van der Waals surface area contributed by atoms with Crippen molar-refractivity contribution >= 4 is 29.4 Å². The van der Waals surface area contributed by atoms with Gasteiger partial charge in [-0.25, -0.2) is 4.98 Å². The van der Waals surface area contributed by atoms with Crippen molar-refractivity contribution in [2.24, 2.45) is 5.92 Å². The molecule has 0 amide bonds. The van der Waals surface area contributed by atoms with E-state index in [1.165, 1.54) is 19.1 Å². The Morgan fingerprint density at radius 1 is 1.14 bits per heavy atom. The van der Waals surface area contributed by atoms with Gasteiger partial charge in [0, 0.05) is 36.2 Å². The van der Waals surface area contributed by atoms with E-state index in [1.807, 2.05) is 12.1 Å². The van der Waals surface area contributed by atoms with Crippen molar-refractivity contribution in [3.8, 4) is 0 Å². The molecule has 148 valence electrons. The third kappa shape index (κ3) is 4.35. The molecule has 0 spiro atoms. The number of hydrogen-bond acceptors (Lipinski definition) is 6. The molecule has 28 heavy (non-hydrogen) atoms. The molecule has 4 N–H and O–H groups in total. The lowest BCUT2D eigenvalue weighted by Crippen LogP contribution is -2.15. The zero-order valence-electron chi connectivity index (χ0n) is 15.1. The molecule has 0 saturated heterocycles. The molecule has 6 nitrogen and oxygen atoms in total. The van der Waals surface area contributed by atoms with Crippen molar-refractivity contribution in [1.29, 1.82) is 5.41 Å². The summed E-state index contributed by atoms with van der Waals surface area (Å²) in [5.41, 5.74) is 1.10. The first-order chi connectivity index (χ1) is 13.4. The van der Waals surface area contributed by atoms with Crippen molar-refractivity contribution in [3.63, 3.8) is 0 Å². The summed E-state index contributed by atoms with van der Waals surface area (Å²) in [6.45, 7) is 0.844. The second kappa shape index (κ2) is 7.29. The molecule has 0 unspecified atom stereocenters. The zero-order valence-corrected chi connectivity index (χ0v) is 15.1. The molecule has 2 aromatic rings. The monoisotopic (exact) mass is 390 g/mol. The normalized spacial score (nSPS) is 16.5. The lowest BCUT2D eigenvalue weighted by Gasteiger charge is -2.16. The van der Waals surface area contributed by atoms with Crippen LogP contribution in [-0.2, 0) is 6.18 Å². The van der Waals surface area contributed by atoms with Crippen molar-refractivity contribution in [1.82, 2.24) is 9.97 Å². The van der Waals surface area contributed by atoms with E-state index in [9.17, 15) is 13.2 Å². The molecule has 9 heteroatoms. The molecule has 4 rings (SSSR count). The van der Waals surface area contributed by atoms with Gasteiger partial charge in [0.25, 0.3) is 0 Å². The van der Waals surface area contributed by atoms with Crippen LogP contribution in [0.25, 0.3) is 0 Å². The van der Waals surface area contributed by atoms with Gasteiger partial charge in [-0.1, -0.05) is 6.07 Å². The Kier molecular flexibility index (Phi) is 4.82. The first-order valence-corrected chi connectivity index (χ1v) is 9.29. The second-order valence-electron chi connectivity index (χ2n) is 7.23. The van der Waals surface area contributed by atoms with E-state index >= 15 is 0 Å². The molecular formula is C19H21F3N6. The van der Waals surface area contributed by atoms with Crippen LogP contribution >= 0.6 is 0 Å². The van der Waals surface area contributed by atoms with Crippen LogP contribution in [0.1, 0.15) is 36.8 Å². The molecule has 2 saturated carbocycles. The summed E-state index contributed by atoms with van der Waals surface area (Å²) in [7, 11) is 0. The molecule has 0 radical (unpaired) electrons. The summed E-state index contributed by atoms with van der Waals surface area (Å²) >= 11 is 0. The molecule has 2 aliphatic rings. The number of alkyl halides is 3. The molecule has 1 aromatic carbocycles. The predicted octanol–water partition coefficient (Wildman–Crippen LogP) is 4.63.